The normalized spacial score (nSPS) is 12.1. The summed E-state index contributed by atoms with van der Waals surface area (Å²) < 4.78 is 48.0. The van der Waals surface area contributed by atoms with Gasteiger partial charge < -0.3 is 23.6 Å². The van der Waals surface area contributed by atoms with Crippen LogP contribution in [0.2, 0.25) is 0 Å². The molecule has 2 heterocycles. The summed E-state index contributed by atoms with van der Waals surface area (Å²) in [5.41, 5.74) is 0.388. The Morgan fingerprint density at radius 3 is 2.51 bits per heavy atom. The lowest BCUT2D eigenvalue weighted by atomic mass is 10.0. The topological polar surface area (TPSA) is 177 Å². The molecule has 0 atom stereocenters. The van der Waals surface area contributed by atoms with Crippen LogP contribution in [0.25, 0.3) is 33.5 Å². The van der Waals surface area contributed by atoms with Crippen LogP contribution in [0, 0.1) is 0 Å². The molecule has 0 bridgehead atoms. The van der Waals surface area contributed by atoms with Crippen LogP contribution in [0.5, 0.6) is 0 Å². The molecule has 2 aromatic heterocycles. The number of oxazole rings is 1. The van der Waals surface area contributed by atoms with Crippen molar-refractivity contribution in [3.63, 3.8) is 0 Å². The Kier molecular flexibility index (Phi) is 8.78. The quantitative estimate of drug-likeness (QED) is 0.0916. The number of aromatic carboxylic acids is 1. The van der Waals surface area contributed by atoms with Crippen LogP contribution >= 0.6 is 0 Å². The molecule has 0 fully saturated rings. The highest BCUT2D eigenvalue weighted by Crippen LogP contribution is 2.28. The number of carboxylic acid groups (broad SMARTS) is 1. The van der Waals surface area contributed by atoms with E-state index in [-0.39, 0.29) is 29.0 Å². The van der Waals surface area contributed by atoms with E-state index in [2.05, 4.69) is 4.98 Å². The molecule has 0 radical (unpaired) electrons. The van der Waals surface area contributed by atoms with Crippen LogP contribution < -0.4 is 10.5 Å². The first-order valence-electron chi connectivity index (χ1n) is 12.9. The number of hydrogen-bond acceptors (Lipinski definition) is 10. The molecule has 12 nitrogen and oxygen atoms in total. The smallest absolute Gasteiger partial charge is 0.349 e. The molecule has 0 unspecified atom stereocenters. The summed E-state index contributed by atoms with van der Waals surface area (Å²) in [5, 5.41) is 9.79. The van der Waals surface area contributed by atoms with E-state index in [9.17, 15) is 27.9 Å². The first-order valence-corrected chi connectivity index (χ1v) is 14.5. The van der Waals surface area contributed by atoms with Gasteiger partial charge in [-0.3, -0.25) is 9.35 Å². The minimum Gasteiger partial charge on any atom is -0.478 e. The second kappa shape index (κ2) is 12.1. The third kappa shape index (κ3) is 7.70. The Morgan fingerprint density at radius 1 is 1.05 bits per heavy atom. The Hall–Kier alpha value is -4.23. The Morgan fingerprint density at radius 2 is 1.80 bits per heavy atom. The Bertz CT molecular complexity index is 1740. The Balaban J connectivity index is 1.58. The van der Waals surface area contributed by atoms with Crippen LogP contribution in [0.4, 0.5) is 5.69 Å². The van der Waals surface area contributed by atoms with Crippen LogP contribution in [-0.2, 0) is 19.6 Å². The summed E-state index contributed by atoms with van der Waals surface area (Å²) in [7, 11) is -4.12. The van der Waals surface area contributed by atoms with Crippen molar-refractivity contribution in [1.29, 1.82) is 0 Å². The zero-order chi connectivity index (χ0) is 29.8. The number of nitrogens with zero attached hydrogens (tertiary/aromatic N) is 2. The van der Waals surface area contributed by atoms with Gasteiger partial charge in [-0.05, 0) is 75.9 Å². The van der Waals surface area contributed by atoms with Crippen molar-refractivity contribution < 1.29 is 41.2 Å². The molecule has 2 N–H and O–H groups in total. The fourth-order valence-electron chi connectivity index (χ4n) is 4.47. The summed E-state index contributed by atoms with van der Waals surface area (Å²) in [5.74, 6) is -1.52. The van der Waals surface area contributed by atoms with Gasteiger partial charge in [-0.25, -0.2) is 14.6 Å². The Labute approximate surface area is 235 Å². The van der Waals surface area contributed by atoms with Gasteiger partial charge in [0.05, 0.1) is 11.3 Å². The van der Waals surface area contributed by atoms with Crippen molar-refractivity contribution in [3.8, 4) is 11.5 Å². The lowest BCUT2D eigenvalue weighted by molar-refractivity contribution is -0.140. The SMILES string of the molecule is CC(C)(CCCCN(CCCS(=O)(=O)O)c1ccc2cc(-c3nc4ccc(C(=O)O)cc4o3)c(=O)oc2c1)OC=O. The zero-order valence-electron chi connectivity index (χ0n) is 22.5. The number of benzene rings is 2. The first-order chi connectivity index (χ1) is 19.3. The van der Waals surface area contributed by atoms with E-state index in [0.717, 1.165) is 6.42 Å². The molecule has 0 amide bonds. The molecule has 0 aliphatic heterocycles. The number of fused-ring (bicyclic) bond motifs is 2. The summed E-state index contributed by atoms with van der Waals surface area (Å²) in [6.07, 6.45) is 2.26. The monoisotopic (exact) mass is 586 g/mol. The third-order valence-corrected chi connectivity index (χ3v) is 7.41. The van der Waals surface area contributed by atoms with Gasteiger partial charge in [0.15, 0.2) is 5.58 Å². The van der Waals surface area contributed by atoms with E-state index >= 15 is 0 Å². The third-order valence-electron chi connectivity index (χ3n) is 6.60. The van der Waals surface area contributed by atoms with E-state index < -0.39 is 33.1 Å². The molecule has 0 aliphatic rings. The second-order valence-corrected chi connectivity index (χ2v) is 11.8. The van der Waals surface area contributed by atoms with Crippen molar-refractivity contribution in [1.82, 2.24) is 4.98 Å². The van der Waals surface area contributed by atoms with E-state index in [0.29, 0.717) is 54.6 Å². The molecule has 0 saturated heterocycles. The van der Waals surface area contributed by atoms with E-state index in [1.807, 2.05) is 24.8 Å². The number of unbranched alkanes of at least 4 members (excludes halogenated alkanes) is 1. The van der Waals surface area contributed by atoms with Crippen LogP contribution in [0.3, 0.4) is 0 Å². The van der Waals surface area contributed by atoms with Crippen LogP contribution in [0.15, 0.2) is 56.1 Å². The van der Waals surface area contributed by atoms with E-state index in [1.54, 1.807) is 18.2 Å². The molecular weight excluding hydrogens is 556 g/mol. The maximum Gasteiger partial charge on any atom is 0.349 e. The van der Waals surface area contributed by atoms with Gasteiger partial charge in [-0.2, -0.15) is 8.42 Å². The highest BCUT2D eigenvalue weighted by Gasteiger charge is 2.20. The van der Waals surface area contributed by atoms with Crippen LogP contribution in [0.1, 0.15) is 49.9 Å². The molecule has 41 heavy (non-hydrogen) atoms. The van der Waals surface area contributed by atoms with Gasteiger partial charge in [-0.1, -0.05) is 0 Å². The van der Waals surface area contributed by atoms with Crippen molar-refractivity contribution in [3.05, 3.63) is 58.4 Å². The standard InChI is InChI=1S/C28H30N2O10S/c1-28(2,38-17-31)10-3-4-11-30(12-5-13-41(35,36)37)20-8-6-18-14-21(27(34)40-23(18)16-20)25-29-22-9-7-19(26(32)33)15-24(22)39-25/h6-9,14-17H,3-5,10-13H2,1-2H3,(H,32,33)(H,35,36,37). The minimum atomic E-state index is -4.12. The number of carboxylic acids is 1. The van der Waals surface area contributed by atoms with Gasteiger partial charge in [0.1, 0.15) is 22.3 Å². The fraction of sp³-hybridized carbons (Fsp3) is 0.357. The van der Waals surface area contributed by atoms with E-state index in [1.165, 1.54) is 18.2 Å². The number of anilines is 1. The highest BCUT2D eigenvalue weighted by atomic mass is 32.2. The fourth-order valence-corrected chi connectivity index (χ4v) is 4.96. The molecule has 13 heteroatoms. The van der Waals surface area contributed by atoms with E-state index in [4.69, 9.17) is 18.1 Å². The molecule has 0 aliphatic carbocycles. The van der Waals surface area contributed by atoms with Crippen molar-refractivity contribution >= 4 is 50.3 Å². The molecular formula is C28H30N2O10S. The van der Waals surface area contributed by atoms with Gasteiger partial charge in [0.25, 0.3) is 16.6 Å². The van der Waals surface area contributed by atoms with Gasteiger partial charge in [0, 0.05) is 30.2 Å². The number of carbonyl (C=O) groups is 2. The summed E-state index contributed by atoms with van der Waals surface area (Å²) in [6.45, 7) is 4.92. The number of aromatic nitrogens is 1. The second-order valence-electron chi connectivity index (χ2n) is 10.2. The van der Waals surface area contributed by atoms with Crippen molar-refractivity contribution in [2.75, 3.05) is 23.7 Å². The number of ether oxygens (including phenoxy) is 1. The van der Waals surface area contributed by atoms with Gasteiger partial charge >= 0.3 is 11.6 Å². The number of hydrogen-bond donors (Lipinski definition) is 2. The van der Waals surface area contributed by atoms with Gasteiger partial charge in [0.2, 0.25) is 5.89 Å². The maximum atomic E-state index is 12.9. The lowest BCUT2D eigenvalue weighted by Gasteiger charge is -2.26. The largest absolute Gasteiger partial charge is 0.478 e. The molecule has 0 saturated carbocycles. The van der Waals surface area contributed by atoms with Crippen LogP contribution in [-0.4, -0.2) is 59.9 Å². The minimum absolute atomic E-state index is 0.00409. The predicted molar refractivity (Wildman–Crippen MR) is 151 cm³/mol. The average Bonchev–Trinajstić information content (AvgIpc) is 3.31. The zero-order valence-corrected chi connectivity index (χ0v) is 23.3. The lowest BCUT2D eigenvalue weighted by Crippen LogP contribution is -2.28. The molecule has 218 valence electrons. The molecule has 0 spiro atoms. The number of rotatable bonds is 14. The summed E-state index contributed by atoms with van der Waals surface area (Å²) in [4.78, 5) is 41.1. The van der Waals surface area contributed by atoms with Crippen molar-refractivity contribution in [2.24, 2.45) is 0 Å². The van der Waals surface area contributed by atoms with Gasteiger partial charge in [-0.15, -0.1) is 0 Å². The highest BCUT2D eigenvalue weighted by molar-refractivity contribution is 7.85. The summed E-state index contributed by atoms with van der Waals surface area (Å²) >= 11 is 0. The van der Waals surface area contributed by atoms with Crippen molar-refractivity contribution in [2.45, 2.75) is 45.1 Å². The molecule has 4 rings (SSSR count). The summed E-state index contributed by atoms with van der Waals surface area (Å²) in [6, 6.07) is 11.0. The molecule has 2 aromatic carbocycles. The predicted octanol–water partition coefficient (Wildman–Crippen LogP) is 4.51. The molecule has 4 aromatic rings. The first kappa shape index (κ1) is 29.7. The average molecular weight is 587 g/mol. The number of carbonyl (C=O) groups excluding carboxylic acids is 1. The maximum absolute atomic E-state index is 12.9.